The van der Waals surface area contributed by atoms with Crippen LogP contribution in [0.3, 0.4) is 0 Å². The van der Waals surface area contributed by atoms with E-state index in [1.54, 1.807) is 6.07 Å². The van der Waals surface area contributed by atoms with Gasteiger partial charge < -0.3 is 10.2 Å². The quantitative estimate of drug-likeness (QED) is 0.403. The number of aromatic carboxylic acids is 1. The van der Waals surface area contributed by atoms with Gasteiger partial charge >= 0.3 is 57.4 Å². The van der Waals surface area contributed by atoms with E-state index < -0.39 is 11.7 Å². The van der Waals surface area contributed by atoms with E-state index in [9.17, 15) is 9.90 Å². The van der Waals surface area contributed by atoms with Crippen molar-refractivity contribution in [1.82, 2.24) is 0 Å². The van der Waals surface area contributed by atoms with Crippen molar-refractivity contribution in [3.8, 4) is 5.75 Å². The Hall–Kier alpha value is 0.126. The maximum atomic E-state index is 11.4. The Bertz CT molecular complexity index is 474. The number of unbranched alkanes of at least 4 members (excludes halogenated alkanes) is 11. The number of aryl methyl sites for hydroxylation is 1. The smallest absolute Gasteiger partial charge is 0.872 e. The third kappa shape index (κ3) is 12.2. The number of hydrogen-bond acceptors (Lipinski definition) is 2. The number of carboxylic acids is 1. The molecular formula is C21H33KO3. The Kier molecular flexibility index (Phi) is 16.4. The summed E-state index contributed by atoms with van der Waals surface area (Å²) in [6, 6.07) is 4.66. The standard InChI is InChI=1S/C21H34O3.K/c1-2-3-4-5-6-7-8-9-10-11-12-13-14-18-15-16-20(22)19(17-18)21(23)24;/h15-17,22H,2-14H2,1H3,(H,23,24);/q;+1/p-1. The predicted molar refractivity (Wildman–Crippen MR) is 97.6 cm³/mol. The van der Waals surface area contributed by atoms with Gasteiger partial charge in [-0.3, -0.25) is 0 Å². The second-order valence-electron chi connectivity index (χ2n) is 6.77. The summed E-state index contributed by atoms with van der Waals surface area (Å²) in [5, 5.41) is 20.4. The van der Waals surface area contributed by atoms with Crippen molar-refractivity contribution in [2.75, 3.05) is 0 Å². The first kappa shape index (κ1) is 25.1. The zero-order valence-electron chi connectivity index (χ0n) is 16.2. The number of carbonyl (C=O) groups is 1. The molecule has 3 nitrogen and oxygen atoms in total. The summed E-state index contributed by atoms with van der Waals surface area (Å²) in [4.78, 5) is 10.9. The molecule has 0 saturated carbocycles. The minimum atomic E-state index is -1.13. The average Bonchev–Trinajstić information content (AvgIpc) is 2.57. The summed E-state index contributed by atoms with van der Waals surface area (Å²) in [5.74, 6) is -1.53. The summed E-state index contributed by atoms with van der Waals surface area (Å²) in [5.41, 5.74) is 0.852. The molecule has 0 bridgehead atoms. The second-order valence-corrected chi connectivity index (χ2v) is 6.77. The van der Waals surface area contributed by atoms with Gasteiger partial charge in [-0.25, -0.2) is 4.79 Å². The van der Waals surface area contributed by atoms with Gasteiger partial charge in [0.2, 0.25) is 0 Å². The van der Waals surface area contributed by atoms with Crippen LogP contribution in [0, 0.1) is 0 Å². The Morgan fingerprint density at radius 1 is 0.880 bits per heavy atom. The first-order valence-electron chi connectivity index (χ1n) is 9.68. The SMILES string of the molecule is CCCCCCCCCCCCCCc1ccc([O-])c(C(=O)O)c1.[K+]. The van der Waals surface area contributed by atoms with E-state index in [1.165, 1.54) is 82.8 Å². The molecule has 0 aliphatic carbocycles. The molecule has 1 rings (SSSR count). The molecule has 25 heavy (non-hydrogen) atoms. The van der Waals surface area contributed by atoms with Gasteiger partial charge in [0.05, 0.1) is 5.56 Å². The molecule has 1 N–H and O–H groups in total. The van der Waals surface area contributed by atoms with Gasteiger partial charge in [0.15, 0.2) is 0 Å². The molecule has 0 aliphatic rings. The second kappa shape index (κ2) is 16.3. The predicted octanol–water partition coefficient (Wildman–Crippen LogP) is 2.71. The minimum absolute atomic E-state index is 0. The molecule has 136 valence electrons. The van der Waals surface area contributed by atoms with Crippen LogP contribution in [0.5, 0.6) is 5.75 Å². The zero-order valence-corrected chi connectivity index (χ0v) is 19.3. The van der Waals surface area contributed by atoms with E-state index in [0.717, 1.165) is 18.4 Å². The van der Waals surface area contributed by atoms with Crippen LogP contribution < -0.4 is 56.5 Å². The first-order chi connectivity index (χ1) is 11.6. The molecule has 0 heterocycles. The van der Waals surface area contributed by atoms with E-state index in [2.05, 4.69) is 6.92 Å². The van der Waals surface area contributed by atoms with Gasteiger partial charge in [0, 0.05) is 0 Å². The van der Waals surface area contributed by atoms with Gasteiger partial charge in [-0.05, 0) is 24.5 Å². The number of benzene rings is 1. The van der Waals surface area contributed by atoms with Crippen molar-refractivity contribution in [1.29, 1.82) is 0 Å². The van der Waals surface area contributed by atoms with Crippen LogP contribution >= 0.6 is 0 Å². The third-order valence-corrected chi connectivity index (χ3v) is 4.59. The van der Waals surface area contributed by atoms with Crippen LogP contribution in [0.25, 0.3) is 0 Å². The van der Waals surface area contributed by atoms with Crippen LogP contribution in [0.2, 0.25) is 0 Å². The summed E-state index contributed by atoms with van der Waals surface area (Å²) < 4.78 is 0. The van der Waals surface area contributed by atoms with Gasteiger partial charge in [0.25, 0.3) is 0 Å². The first-order valence-corrected chi connectivity index (χ1v) is 9.68. The summed E-state index contributed by atoms with van der Waals surface area (Å²) in [6.07, 6.45) is 16.6. The summed E-state index contributed by atoms with van der Waals surface area (Å²) in [6.45, 7) is 2.25. The Morgan fingerprint density at radius 3 is 1.84 bits per heavy atom. The third-order valence-electron chi connectivity index (χ3n) is 4.59. The summed E-state index contributed by atoms with van der Waals surface area (Å²) >= 11 is 0. The van der Waals surface area contributed by atoms with Gasteiger partial charge in [0.1, 0.15) is 0 Å². The molecule has 0 fully saturated rings. The molecule has 1 aromatic rings. The van der Waals surface area contributed by atoms with Crippen molar-refractivity contribution in [2.45, 2.75) is 90.4 Å². The fraction of sp³-hybridized carbons (Fsp3) is 0.667. The molecular weight excluding hydrogens is 339 g/mol. The Morgan fingerprint density at radius 2 is 1.36 bits per heavy atom. The molecule has 0 aromatic heterocycles. The van der Waals surface area contributed by atoms with Crippen LogP contribution in [0.15, 0.2) is 18.2 Å². The van der Waals surface area contributed by atoms with Crippen LogP contribution in [-0.4, -0.2) is 11.1 Å². The molecule has 0 radical (unpaired) electrons. The maximum absolute atomic E-state index is 11.4. The van der Waals surface area contributed by atoms with E-state index in [-0.39, 0.29) is 56.9 Å². The van der Waals surface area contributed by atoms with E-state index in [1.807, 2.05) is 0 Å². The van der Waals surface area contributed by atoms with Gasteiger partial charge in [-0.1, -0.05) is 95.4 Å². The van der Waals surface area contributed by atoms with Crippen molar-refractivity contribution < 1.29 is 66.4 Å². The van der Waals surface area contributed by atoms with Gasteiger partial charge in [-0.15, -0.1) is 0 Å². The molecule has 4 heteroatoms. The topological polar surface area (TPSA) is 60.4 Å². The fourth-order valence-electron chi connectivity index (χ4n) is 3.07. The maximum Gasteiger partial charge on any atom is 1.00 e. The average molecular weight is 373 g/mol. The molecule has 0 spiro atoms. The van der Waals surface area contributed by atoms with Crippen LogP contribution in [-0.2, 0) is 6.42 Å². The molecule has 0 unspecified atom stereocenters. The molecule has 0 atom stereocenters. The molecule has 0 saturated heterocycles. The normalized spacial score (nSPS) is 10.4. The van der Waals surface area contributed by atoms with Gasteiger partial charge in [-0.2, -0.15) is 0 Å². The molecule has 0 aliphatic heterocycles. The fourth-order valence-corrected chi connectivity index (χ4v) is 3.07. The van der Waals surface area contributed by atoms with Crippen molar-refractivity contribution >= 4 is 5.97 Å². The van der Waals surface area contributed by atoms with Crippen LogP contribution in [0.1, 0.15) is 99.9 Å². The van der Waals surface area contributed by atoms with E-state index in [4.69, 9.17) is 5.11 Å². The summed E-state index contributed by atoms with van der Waals surface area (Å²) in [7, 11) is 0. The zero-order chi connectivity index (χ0) is 17.6. The van der Waals surface area contributed by atoms with Crippen molar-refractivity contribution in [3.05, 3.63) is 29.3 Å². The Balaban J connectivity index is 0.00000576. The van der Waals surface area contributed by atoms with Crippen LogP contribution in [0.4, 0.5) is 0 Å². The molecule has 1 aromatic carbocycles. The largest absolute Gasteiger partial charge is 1.00 e. The number of carboxylic acid groups (broad SMARTS) is 1. The minimum Gasteiger partial charge on any atom is -0.872 e. The van der Waals surface area contributed by atoms with E-state index in [0.29, 0.717) is 0 Å². The Labute approximate surface area is 196 Å². The van der Waals surface area contributed by atoms with Crippen molar-refractivity contribution in [2.24, 2.45) is 0 Å². The number of rotatable bonds is 14. The number of hydrogen-bond donors (Lipinski definition) is 1. The van der Waals surface area contributed by atoms with E-state index >= 15 is 0 Å². The van der Waals surface area contributed by atoms with Crippen molar-refractivity contribution in [3.63, 3.8) is 0 Å². The molecule has 0 amide bonds. The monoisotopic (exact) mass is 372 g/mol.